The average Bonchev–Trinajstić information content (AvgIpc) is 2.79. The Morgan fingerprint density at radius 3 is 2.45 bits per heavy atom. The molecule has 5 nitrogen and oxygen atoms in total. The van der Waals surface area contributed by atoms with Crippen molar-refractivity contribution in [1.82, 2.24) is 5.16 Å². The lowest BCUT2D eigenvalue weighted by molar-refractivity contribution is -0.138. The predicted octanol–water partition coefficient (Wildman–Crippen LogP) is 3.42. The average molecular weight is 308 g/mol. The molecule has 9 heteroatoms. The van der Waals surface area contributed by atoms with Crippen LogP contribution in [0.2, 0.25) is 5.02 Å². The van der Waals surface area contributed by atoms with Crippen molar-refractivity contribution >= 4 is 17.6 Å². The molecule has 0 spiro atoms. The van der Waals surface area contributed by atoms with E-state index >= 15 is 0 Å². The van der Waals surface area contributed by atoms with Crippen molar-refractivity contribution in [2.24, 2.45) is 0 Å². The van der Waals surface area contributed by atoms with Crippen molar-refractivity contribution in [3.8, 4) is 17.0 Å². The number of phenolic OH excluding ortho intramolecular Hbond substituents is 1. The van der Waals surface area contributed by atoms with E-state index in [1.807, 2.05) is 0 Å². The number of nitrogens with zero attached hydrogens (tertiary/aromatic N) is 1. The number of alkyl halides is 3. The molecule has 20 heavy (non-hydrogen) atoms. The van der Waals surface area contributed by atoms with Gasteiger partial charge in [-0.25, -0.2) is 4.79 Å². The summed E-state index contributed by atoms with van der Waals surface area (Å²) in [6.45, 7) is 0. The number of rotatable bonds is 2. The van der Waals surface area contributed by atoms with Gasteiger partial charge in [0.1, 0.15) is 11.4 Å². The highest BCUT2D eigenvalue weighted by Gasteiger charge is 2.36. The van der Waals surface area contributed by atoms with Crippen molar-refractivity contribution in [1.29, 1.82) is 0 Å². The van der Waals surface area contributed by atoms with Gasteiger partial charge in [0.15, 0.2) is 0 Å². The third kappa shape index (κ3) is 2.55. The maximum atomic E-state index is 12.7. The second-order valence-electron chi connectivity index (χ2n) is 3.73. The third-order valence-corrected chi connectivity index (χ3v) is 2.60. The van der Waals surface area contributed by atoms with Gasteiger partial charge in [-0.05, 0) is 12.1 Å². The lowest BCUT2D eigenvalue weighted by atomic mass is 10.1. The van der Waals surface area contributed by atoms with Crippen LogP contribution in [0.1, 0.15) is 16.1 Å². The molecule has 106 valence electrons. The first kappa shape index (κ1) is 14.2. The number of aromatic carboxylic acids is 1. The van der Waals surface area contributed by atoms with Gasteiger partial charge in [-0.3, -0.25) is 0 Å². The molecule has 2 rings (SSSR count). The van der Waals surface area contributed by atoms with Crippen molar-refractivity contribution in [2.45, 2.75) is 6.18 Å². The second-order valence-corrected chi connectivity index (χ2v) is 4.17. The number of aromatic nitrogens is 1. The predicted molar refractivity (Wildman–Crippen MR) is 60.6 cm³/mol. The molecule has 0 aliphatic rings. The van der Waals surface area contributed by atoms with Crippen molar-refractivity contribution in [2.75, 3.05) is 0 Å². The second kappa shape index (κ2) is 4.71. The minimum absolute atomic E-state index is 0.270. The fourth-order valence-electron chi connectivity index (χ4n) is 1.51. The molecule has 2 aromatic rings. The van der Waals surface area contributed by atoms with E-state index in [1.54, 1.807) is 0 Å². The lowest BCUT2D eigenvalue weighted by Gasteiger charge is -2.11. The lowest BCUT2D eigenvalue weighted by Crippen LogP contribution is -2.06. The molecule has 0 atom stereocenters. The van der Waals surface area contributed by atoms with E-state index in [0.29, 0.717) is 6.07 Å². The first-order valence-corrected chi connectivity index (χ1v) is 5.38. The van der Waals surface area contributed by atoms with Crippen LogP contribution in [0.4, 0.5) is 13.2 Å². The normalized spacial score (nSPS) is 11.6. The minimum atomic E-state index is -4.82. The summed E-state index contributed by atoms with van der Waals surface area (Å²) in [5, 5.41) is 21.3. The van der Waals surface area contributed by atoms with E-state index in [2.05, 4.69) is 9.68 Å². The fourth-order valence-corrected chi connectivity index (χ4v) is 1.73. The molecular formula is C11H5ClF3NO4. The summed E-state index contributed by atoms with van der Waals surface area (Å²) in [5.41, 5.74) is -1.99. The monoisotopic (exact) mass is 307 g/mol. The number of carboxylic acids is 1. The highest BCUT2D eigenvalue weighted by atomic mass is 35.5. The highest BCUT2D eigenvalue weighted by Crippen LogP contribution is 2.42. The first-order chi connectivity index (χ1) is 9.20. The molecule has 0 unspecified atom stereocenters. The molecule has 0 saturated heterocycles. The number of halogens is 4. The van der Waals surface area contributed by atoms with Gasteiger partial charge in [0, 0.05) is 16.7 Å². The smallest absolute Gasteiger partial charge is 0.420 e. The number of carbonyl (C=O) groups is 1. The van der Waals surface area contributed by atoms with Crippen LogP contribution in [0.3, 0.4) is 0 Å². The highest BCUT2D eigenvalue weighted by molar-refractivity contribution is 6.31. The molecule has 0 saturated carbocycles. The summed E-state index contributed by atoms with van der Waals surface area (Å²) in [4.78, 5) is 10.6. The molecule has 0 aliphatic heterocycles. The van der Waals surface area contributed by atoms with Crippen molar-refractivity contribution in [3.63, 3.8) is 0 Å². The molecule has 0 aliphatic carbocycles. The van der Waals surface area contributed by atoms with Gasteiger partial charge >= 0.3 is 12.1 Å². The molecule has 1 heterocycles. The first-order valence-electron chi connectivity index (χ1n) is 5.00. The molecule has 1 aromatic carbocycles. The van der Waals surface area contributed by atoms with Crippen LogP contribution in [-0.2, 0) is 6.18 Å². The summed E-state index contributed by atoms with van der Waals surface area (Å²) in [6.07, 6.45) is -4.82. The standard InChI is InChI=1S/C11H5ClF3NO4/c12-4-1-5(7-3-8(10(18)19)20-16-7)9(17)6(2-4)11(13,14)15/h1-3,17H,(H,18,19). The Bertz CT molecular complexity index is 681. The third-order valence-electron chi connectivity index (χ3n) is 2.38. The van der Waals surface area contributed by atoms with Gasteiger partial charge in [-0.2, -0.15) is 13.2 Å². The molecule has 1 aromatic heterocycles. The van der Waals surface area contributed by atoms with Crippen LogP contribution in [0.25, 0.3) is 11.3 Å². The number of aromatic hydroxyl groups is 1. The Morgan fingerprint density at radius 2 is 1.95 bits per heavy atom. The van der Waals surface area contributed by atoms with Crippen LogP contribution in [0.15, 0.2) is 22.7 Å². The van der Waals surface area contributed by atoms with Gasteiger partial charge in [0.2, 0.25) is 5.76 Å². The molecule has 0 radical (unpaired) electrons. The largest absolute Gasteiger partial charge is 0.507 e. The van der Waals surface area contributed by atoms with Crippen LogP contribution in [-0.4, -0.2) is 21.3 Å². The summed E-state index contributed by atoms with van der Waals surface area (Å²) >= 11 is 5.56. The van der Waals surface area contributed by atoms with Gasteiger partial charge in [-0.15, -0.1) is 0 Å². The molecule has 0 fully saturated rings. The zero-order valence-corrected chi connectivity index (χ0v) is 10.2. The Balaban J connectivity index is 2.62. The Hall–Kier alpha value is -2.22. The van der Waals surface area contributed by atoms with E-state index in [9.17, 15) is 23.1 Å². The maximum Gasteiger partial charge on any atom is 0.420 e. The van der Waals surface area contributed by atoms with E-state index in [0.717, 1.165) is 12.1 Å². The zero-order chi connectivity index (χ0) is 15.1. The van der Waals surface area contributed by atoms with Gasteiger partial charge in [0.05, 0.1) is 5.56 Å². The van der Waals surface area contributed by atoms with Crippen LogP contribution in [0, 0.1) is 0 Å². The summed E-state index contributed by atoms with van der Waals surface area (Å²) in [7, 11) is 0. The SMILES string of the molecule is O=C(O)c1cc(-c2cc(Cl)cc(C(F)(F)F)c2O)no1. The number of hydrogen-bond donors (Lipinski definition) is 2. The van der Waals surface area contributed by atoms with E-state index in [1.165, 1.54) is 0 Å². The summed E-state index contributed by atoms with van der Waals surface area (Å²) in [5.74, 6) is -3.12. The van der Waals surface area contributed by atoms with Crippen LogP contribution < -0.4 is 0 Å². The van der Waals surface area contributed by atoms with Crippen molar-refractivity contribution in [3.05, 3.63) is 34.5 Å². The number of hydrogen-bond acceptors (Lipinski definition) is 4. The summed E-state index contributed by atoms with van der Waals surface area (Å²) in [6, 6.07) is 2.46. The number of phenols is 1. The van der Waals surface area contributed by atoms with Gasteiger partial charge < -0.3 is 14.7 Å². The zero-order valence-electron chi connectivity index (χ0n) is 9.40. The molecule has 2 N–H and O–H groups in total. The Morgan fingerprint density at radius 1 is 1.30 bits per heavy atom. The molecule has 0 bridgehead atoms. The maximum absolute atomic E-state index is 12.7. The van der Waals surface area contributed by atoms with Gasteiger partial charge in [0.25, 0.3) is 0 Å². The number of benzene rings is 1. The Labute approximate surface area is 114 Å². The van der Waals surface area contributed by atoms with E-state index in [-0.39, 0.29) is 16.3 Å². The quantitative estimate of drug-likeness (QED) is 0.888. The minimum Gasteiger partial charge on any atom is -0.507 e. The molecular weight excluding hydrogens is 303 g/mol. The van der Waals surface area contributed by atoms with Crippen LogP contribution >= 0.6 is 11.6 Å². The van der Waals surface area contributed by atoms with E-state index < -0.39 is 29.2 Å². The van der Waals surface area contributed by atoms with Crippen molar-refractivity contribution < 1.29 is 32.7 Å². The van der Waals surface area contributed by atoms with E-state index in [4.69, 9.17) is 16.7 Å². The Kier molecular flexibility index (Phi) is 3.34. The molecule has 0 amide bonds. The topological polar surface area (TPSA) is 83.6 Å². The summed E-state index contributed by atoms with van der Waals surface area (Å²) < 4.78 is 42.5. The number of carboxylic acid groups (broad SMARTS) is 1. The fraction of sp³-hybridized carbons (Fsp3) is 0.0909. The van der Waals surface area contributed by atoms with Crippen LogP contribution in [0.5, 0.6) is 5.75 Å². The van der Waals surface area contributed by atoms with Gasteiger partial charge in [-0.1, -0.05) is 16.8 Å².